The first-order chi connectivity index (χ1) is 17.8. The minimum absolute atomic E-state index is 0.173. The average molecular weight is 494 g/mol. The van der Waals surface area contributed by atoms with E-state index < -0.39 is 11.8 Å². The van der Waals surface area contributed by atoms with E-state index in [4.69, 9.17) is 9.78 Å². The van der Waals surface area contributed by atoms with Gasteiger partial charge >= 0.3 is 11.8 Å². The van der Waals surface area contributed by atoms with Gasteiger partial charge in [0.25, 0.3) is 0 Å². The van der Waals surface area contributed by atoms with E-state index in [0.717, 1.165) is 22.3 Å². The zero-order valence-corrected chi connectivity index (χ0v) is 20.9. The predicted molar refractivity (Wildman–Crippen MR) is 140 cm³/mol. The van der Waals surface area contributed by atoms with Crippen LogP contribution in [0.25, 0.3) is 22.5 Å². The fourth-order valence-corrected chi connectivity index (χ4v) is 3.92. The smallest absolute Gasteiger partial charge is 0.313 e. The fourth-order valence-electron chi connectivity index (χ4n) is 3.92. The summed E-state index contributed by atoms with van der Waals surface area (Å²) in [7, 11) is 0. The Morgan fingerprint density at radius 2 is 1.68 bits per heavy atom. The number of rotatable bonds is 7. The molecule has 0 bridgehead atoms. The third-order valence-electron chi connectivity index (χ3n) is 5.64. The van der Waals surface area contributed by atoms with Crippen molar-refractivity contribution in [3.05, 3.63) is 89.8 Å². The number of carbonyl (C=O) groups is 2. The first kappa shape index (κ1) is 25.3. The number of amides is 2. The molecular formula is C29H27N5O3. The Bertz CT molecular complexity index is 1430. The third kappa shape index (κ3) is 6.47. The Morgan fingerprint density at radius 3 is 2.27 bits per heavy atom. The highest BCUT2D eigenvalue weighted by atomic mass is 16.5. The number of benzene rings is 3. The minimum atomic E-state index is -0.697. The first-order valence-corrected chi connectivity index (χ1v) is 11.9. The zero-order valence-electron chi connectivity index (χ0n) is 20.9. The summed E-state index contributed by atoms with van der Waals surface area (Å²) in [5, 5.41) is 15.6. The Hall–Kier alpha value is -4.77. The lowest BCUT2D eigenvalue weighted by Crippen LogP contribution is -2.41. The Morgan fingerprint density at radius 1 is 1.00 bits per heavy atom. The lowest BCUT2D eigenvalue weighted by molar-refractivity contribution is -0.143. The highest BCUT2D eigenvalue weighted by molar-refractivity contribution is 6.39. The summed E-state index contributed by atoms with van der Waals surface area (Å²) in [5.41, 5.74) is 4.64. The molecule has 37 heavy (non-hydrogen) atoms. The summed E-state index contributed by atoms with van der Waals surface area (Å²) >= 11 is 0. The maximum absolute atomic E-state index is 13.1. The van der Waals surface area contributed by atoms with Gasteiger partial charge in [-0.25, -0.2) is 0 Å². The molecule has 0 saturated heterocycles. The van der Waals surface area contributed by atoms with Crippen molar-refractivity contribution >= 4 is 17.5 Å². The molecule has 0 aliphatic carbocycles. The lowest BCUT2D eigenvalue weighted by atomic mass is 10.0. The monoisotopic (exact) mass is 493 g/mol. The molecule has 0 aliphatic heterocycles. The number of carbonyl (C=O) groups excluding carboxylic acids is 2. The molecule has 1 aromatic heterocycles. The molecule has 8 heteroatoms. The van der Waals surface area contributed by atoms with E-state index >= 15 is 0 Å². The van der Waals surface area contributed by atoms with E-state index in [1.165, 1.54) is 0 Å². The van der Waals surface area contributed by atoms with E-state index in [-0.39, 0.29) is 12.5 Å². The van der Waals surface area contributed by atoms with Crippen molar-refractivity contribution in [1.29, 1.82) is 5.26 Å². The van der Waals surface area contributed by atoms with Crippen LogP contribution in [0.5, 0.6) is 0 Å². The second-order valence-corrected chi connectivity index (χ2v) is 9.14. The number of aryl methyl sites for hydroxylation is 1. The number of hydrogen-bond donors (Lipinski definition) is 1. The van der Waals surface area contributed by atoms with Gasteiger partial charge in [0.15, 0.2) is 0 Å². The SMILES string of the molecule is Cc1nc(-c2cccc(CN(CC(C)C)C(=O)C(=O)Nc3ccc(-c4ccc(C#N)cc4)cc3)c2)no1. The van der Waals surface area contributed by atoms with Crippen molar-refractivity contribution < 1.29 is 14.1 Å². The Kier molecular flexibility index (Phi) is 7.74. The second-order valence-electron chi connectivity index (χ2n) is 9.14. The van der Waals surface area contributed by atoms with Crippen LogP contribution in [0.1, 0.15) is 30.9 Å². The molecule has 0 saturated carbocycles. The molecular weight excluding hydrogens is 466 g/mol. The maximum atomic E-state index is 13.1. The van der Waals surface area contributed by atoms with Gasteiger partial charge in [0, 0.05) is 31.3 Å². The number of aromatic nitrogens is 2. The summed E-state index contributed by atoms with van der Waals surface area (Å²) < 4.78 is 5.07. The van der Waals surface area contributed by atoms with Crippen molar-refractivity contribution in [2.75, 3.05) is 11.9 Å². The second kappa shape index (κ2) is 11.3. The highest BCUT2D eigenvalue weighted by Crippen LogP contribution is 2.22. The Balaban J connectivity index is 1.45. The lowest BCUT2D eigenvalue weighted by Gasteiger charge is -2.24. The minimum Gasteiger partial charge on any atom is -0.339 e. The summed E-state index contributed by atoms with van der Waals surface area (Å²) in [6.07, 6.45) is 0. The van der Waals surface area contributed by atoms with Gasteiger partial charge in [-0.1, -0.05) is 61.5 Å². The van der Waals surface area contributed by atoms with Crippen LogP contribution in [0.15, 0.2) is 77.3 Å². The summed E-state index contributed by atoms with van der Waals surface area (Å²) in [4.78, 5) is 31.8. The van der Waals surface area contributed by atoms with Gasteiger partial charge < -0.3 is 14.7 Å². The maximum Gasteiger partial charge on any atom is 0.313 e. The average Bonchev–Trinajstić information content (AvgIpc) is 3.34. The number of nitriles is 1. The number of anilines is 1. The van der Waals surface area contributed by atoms with Crippen molar-refractivity contribution in [3.8, 4) is 28.6 Å². The molecule has 0 radical (unpaired) electrons. The molecule has 8 nitrogen and oxygen atoms in total. The first-order valence-electron chi connectivity index (χ1n) is 11.9. The highest BCUT2D eigenvalue weighted by Gasteiger charge is 2.23. The summed E-state index contributed by atoms with van der Waals surface area (Å²) in [6.45, 7) is 6.42. The van der Waals surface area contributed by atoms with E-state index in [1.54, 1.807) is 36.1 Å². The molecule has 0 aliphatic rings. The molecule has 0 atom stereocenters. The molecule has 0 spiro atoms. The topological polar surface area (TPSA) is 112 Å². The van der Waals surface area contributed by atoms with Gasteiger partial charge in [-0.2, -0.15) is 10.2 Å². The van der Waals surface area contributed by atoms with E-state index in [1.807, 2.05) is 62.4 Å². The summed E-state index contributed by atoms with van der Waals surface area (Å²) in [6, 6.07) is 24.1. The van der Waals surface area contributed by atoms with Gasteiger partial charge in [0.05, 0.1) is 11.6 Å². The van der Waals surface area contributed by atoms with Gasteiger partial charge in [-0.3, -0.25) is 9.59 Å². The molecule has 3 aromatic carbocycles. The van der Waals surface area contributed by atoms with Crippen LogP contribution in [-0.2, 0) is 16.1 Å². The third-order valence-corrected chi connectivity index (χ3v) is 5.64. The van der Waals surface area contributed by atoms with Crippen molar-refractivity contribution in [1.82, 2.24) is 15.0 Å². The molecule has 1 N–H and O–H groups in total. The molecule has 0 fully saturated rings. The predicted octanol–water partition coefficient (Wildman–Crippen LogP) is 5.21. The van der Waals surface area contributed by atoms with Crippen LogP contribution in [0.2, 0.25) is 0 Å². The molecule has 4 rings (SSSR count). The van der Waals surface area contributed by atoms with E-state index in [0.29, 0.717) is 29.5 Å². The van der Waals surface area contributed by atoms with Gasteiger partial charge in [-0.05, 0) is 52.9 Å². The molecule has 2 amide bonds. The van der Waals surface area contributed by atoms with Crippen LogP contribution < -0.4 is 5.32 Å². The normalized spacial score (nSPS) is 10.7. The number of nitrogens with one attached hydrogen (secondary N) is 1. The van der Waals surface area contributed by atoms with Crippen LogP contribution in [0, 0.1) is 24.2 Å². The molecule has 4 aromatic rings. The van der Waals surface area contributed by atoms with Crippen molar-refractivity contribution in [2.45, 2.75) is 27.3 Å². The summed E-state index contributed by atoms with van der Waals surface area (Å²) in [5.74, 6) is -0.184. The standard InChI is InChI=1S/C29H27N5O3/c1-19(2)17-34(18-22-5-4-6-25(15-22)27-31-20(3)37-33-27)29(36)28(35)32-26-13-11-24(12-14-26)23-9-7-21(16-30)8-10-23/h4-15,19H,17-18H2,1-3H3,(H,32,35). The Labute approximate surface area is 215 Å². The van der Waals surface area contributed by atoms with Gasteiger partial charge in [0.2, 0.25) is 11.7 Å². The van der Waals surface area contributed by atoms with Gasteiger partial charge in [-0.15, -0.1) is 0 Å². The van der Waals surface area contributed by atoms with Crippen LogP contribution in [-0.4, -0.2) is 33.4 Å². The van der Waals surface area contributed by atoms with E-state index in [9.17, 15) is 9.59 Å². The van der Waals surface area contributed by atoms with Crippen molar-refractivity contribution in [3.63, 3.8) is 0 Å². The van der Waals surface area contributed by atoms with Crippen LogP contribution in [0.3, 0.4) is 0 Å². The van der Waals surface area contributed by atoms with Crippen molar-refractivity contribution in [2.24, 2.45) is 5.92 Å². The van der Waals surface area contributed by atoms with Gasteiger partial charge in [0.1, 0.15) is 0 Å². The number of hydrogen-bond acceptors (Lipinski definition) is 6. The van der Waals surface area contributed by atoms with Crippen LogP contribution in [0.4, 0.5) is 5.69 Å². The fraction of sp³-hybridized carbons (Fsp3) is 0.207. The molecule has 186 valence electrons. The quantitative estimate of drug-likeness (QED) is 0.354. The largest absolute Gasteiger partial charge is 0.339 e. The van der Waals surface area contributed by atoms with E-state index in [2.05, 4.69) is 21.5 Å². The zero-order chi connectivity index (χ0) is 26.4. The number of nitrogens with zero attached hydrogens (tertiary/aromatic N) is 4. The molecule has 0 unspecified atom stereocenters. The van der Waals surface area contributed by atoms with Crippen LogP contribution >= 0.6 is 0 Å². The molecule has 1 heterocycles.